The van der Waals surface area contributed by atoms with E-state index in [1.54, 1.807) is 0 Å². The van der Waals surface area contributed by atoms with Gasteiger partial charge in [-0.25, -0.2) is 0 Å². The minimum atomic E-state index is -0.0367. The first-order valence-electron chi connectivity index (χ1n) is 8.66. The lowest BCUT2D eigenvalue weighted by molar-refractivity contribution is -0.120. The molecule has 1 N–H and O–H groups in total. The van der Waals surface area contributed by atoms with E-state index >= 15 is 0 Å². The fraction of sp³-hybridized carbons (Fsp3) is 0.421. The molecule has 1 aliphatic heterocycles. The second kappa shape index (κ2) is 7.51. The molecule has 6 heteroatoms. The van der Waals surface area contributed by atoms with E-state index < -0.39 is 0 Å². The fourth-order valence-electron chi connectivity index (χ4n) is 3.05. The molecule has 1 saturated heterocycles. The number of piperidine rings is 1. The maximum Gasteiger partial charge on any atom is 0.229 e. The van der Waals surface area contributed by atoms with Gasteiger partial charge >= 0.3 is 0 Å². The molecule has 3 rings (SSSR count). The van der Waals surface area contributed by atoms with Gasteiger partial charge in [-0.05, 0) is 56.2 Å². The number of carbonyl (C=O) groups is 1. The zero-order chi connectivity index (χ0) is 17.8. The van der Waals surface area contributed by atoms with Gasteiger partial charge in [-0.1, -0.05) is 0 Å². The van der Waals surface area contributed by atoms with E-state index in [1.807, 2.05) is 62.3 Å². The van der Waals surface area contributed by atoms with E-state index in [9.17, 15) is 4.79 Å². The number of hydrogen-bond donors (Lipinski definition) is 1. The predicted octanol–water partition coefficient (Wildman–Crippen LogP) is 2.71. The molecular formula is C19H25N5O. The topological polar surface area (TPSA) is 61.4 Å². The summed E-state index contributed by atoms with van der Waals surface area (Å²) in [4.78, 5) is 16.8. The SMILES string of the molecule is Cc1ccc(N2CCCC(C(=O)Nc3ccc(N(C)C)cc3)C2)nn1. The molecule has 1 amide bonds. The van der Waals surface area contributed by atoms with Crippen molar-refractivity contribution in [3.63, 3.8) is 0 Å². The molecule has 0 aliphatic carbocycles. The van der Waals surface area contributed by atoms with Crippen molar-refractivity contribution >= 4 is 23.1 Å². The van der Waals surface area contributed by atoms with Crippen LogP contribution >= 0.6 is 0 Å². The number of aryl methyl sites for hydroxylation is 1. The van der Waals surface area contributed by atoms with Gasteiger partial charge in [-0.3, -0.25) is 4.79 Å². The predicted molar refractivity (Wildman–Crippen MR) is 101 cm³/mol. The van der Waals surface area contributed by atoms with Gasteiger partial charge in [-0.2, -0.15) is 5.10 Å². The van der Waals surface area contributed by atoms with Crippen LogP contribution in [0.1, 0.15) is 18.5 Å². The first kappa shape index (κ1) is 17.2. The van der Waals surface area contributed by atoms with Gasteiger partial charge in [0.1, 0.15) is 0 Å². The summed E-state index contributed by atoms with van der Waals surface area (Å²) in [6, 6.07) is 11.8. The van der Waals surface area contributed by atoms with Gasteiger partial charge in [0.2, 0.25) is 5.91 Å². The molecular weight excluding hydrogens is 314 g/mol. The molecule has 132 valence electrons. The van der Waals surface area contributed by atoms with Crippen molar-refractivity contribution in [3.05, 3.63) is 42.1 Å². The van der Waals surface area contributed by atoms with Crippen LogP contribution in [0.4, 0.5) is 17.2 Å². The smallest absolute Gasteiger partial charge is 0.229 e. The summed E-state index contributed by atoms with van der Waals surface area (Å²) < 4.78 is 0. The zero-order valence-corrected chi connectivity index (χ0v) is 15.1. The molecule has 6 nitrogen and oxygen atoms in total. The second-order valence-electron chi connectivity index (χ2n) is 6.75. The summed E-state index contributed by atoms with van der Waals surface area (Å²) >= 11 is 0. The quantitative estimate of drug-likeness (QED) is 0.928. The standard InChI is InChI=1S/C19H25N5O/c1-14-6-11-18(22-21-14)24-12-4-5-15(13-24)19(25)20-16-7-9-17(10-8-16)23(2)3/h6-11,15H,4-5,12-13H2,1-3H3,(H,20,25). The molecule has 0 spiro atoms. The molecule has 1 aromatic carbocycles. The number of aromatic nitrogens is 2. The third-order valence-electron chi connectivity index (χ3n) is 4.55. The van der Waals surface area contributed by atoms with Crippen molar-refractivity contribution in [2.75, 3.05) is 42.3 Å². The first-order valence-corrected chi connectivity index (χ1v) is 8.66. The molecule has 0 saturated carbocycles. The minimum absolute atomic E-state index is 0.0367. The Balaban J connectivity index is 1.62. The van der Waals surface area contributed by atoms with Crippen LogP contribution in [-0.4, -0.2) is 43.3 Å². The van der Waals surface area contributed by atoms with Crippen LogP contribution in [0.3, 0.4) is 0 Å². The summed E-state index contributed by atoms with van der Waals surface area (Å²) in [6.45, 7) is 3.52. The van der Waals surface area contributed by atoms with Crippen molar-refractivity contribution in [1.29, 1.82) is 0 Å². The van der Waals surface area contributed by atoms with Crippen LogP contribution in [0.5, 0.6) is 0 Å². The number of benzene rings is 1. The van der Waals surface area contributed by atoms with Crippen LogP contribution in [0.15, 0.2) is 36.4 Å². The highest BCUT2D eigenvalue weighted by molar-refractivity contribution is 5.93. The lowest BCUT2D eigenvalue weighted by atomic mass is 9.97. The Bertz CT molecular complexity index is 712. The van der Waals surface area contributed by atoms with Gasteiger partial charge in [0, 0.05) is 38.6 Å². The number of nitrogens with one attached hydrogen (secondary N) is 1. The van der Waals surface area contributed by atoms with E-state index in [1.165, 1.54) is 0 Å². The third-order valence-corrected chi connectivity index (χ3v) is 4.55. The number of anilines is 3. The summed E-state index contributed by atoms with van der Waals surface area (Å²) in [5.74, 6) is 0.881. The van der Waals surface area contributed by atoms with E-state index in [-0.39, 0.29) is 11.8 Å². The number of rotatable bonds is 4. The van der Waals surface area contributed by atoms with Crippen LogP contribution < -0.4 is 15.1 Å². The van der Waals surface area contributed by atoms with E-state index in [0.717, 1.165) is 42.3 Å². The summed E-state index contributed by atoms with van der Waals surface area (Å²) in [5.41, 5.74) is 2.85. The number of hydrogen-bond acceptors (Lipinski definition) is 5. The average Bonchev–Trinajstić information content (AvgIpc) is 2.63. The lowest BCUT2D eigenvalue weighted by Crippen LogP contribution is -2.41. The summed E-state index contributed by atoms with van der Waals surface area (Å²) in [6.07, 6.45) is 1.88. The fourth-order valence-corrected chi connectivity index (χ4v) is 3.05. The maximum absolute atomic E-state index is 12.6. The van der Waals surface area contributed by atoms with Gasteiger partial charge in [0.05, 0.1) is 11.6 Å². The minimum Gasteiger partial charge on any atom is -0.378 e. The maximum atomic E-state index is 12.6. The monoisotopic (exact) mass is 339 g/mol. The Labute approximate surface area is 148 Å². The van der Waals surface area contributed by atoms with Gasteiger partial charge < -0.3 is 15.1 Å². The van der Waals surface area contributed by atoms with Crippen LogP contribution in [0.25, 0.3) is 0 Å². The Kier molecular flexibility index (Phi) is 5.16. The molecule has 1 aliphatic rings. The number of amides is 1. The lowest BCUT2D eigenvalue weighted by Gasteiger charge is -2.32. The highest BCUT2D eigenvalue weighted by atomic mass is 16.1. The molecule has 2 heterocycles. The van der Waals surface area contributed by atoms with Crippen LogP contribution in [0.2, 0.25) is 0 Å². The Morgan fingerprint density at radius 3 is 2.56 bits per heavy atom. The molecule has 1 aromatic heterocycles. The van der Waals surface area contributed by atoms with Crippen molar-refractivity contribution in [2.45, 2.75) is 19.8 Å². The highest BCUT2D eigenvalue weighted by Gasteiger charge is 2.26. The molecule has 0 bridgehead atoms. The third kappa shape index (κ3) is 4.26. The Morgan fingerprint density at radius 1 is 1.16 bits per heavy atom. The van der Waals surface area contributed by atoms with E-state index in [2.05, 4.69) is 20.4 Å². The second-order valence-corrected chi connectivity index (χ2v) is 6.75. The largest absolute Gasteiger partial charge is 0.378 e. The highest BCUT2D eigenvalue weighted by Crippen LogP contribution is 2.23. The van der Waals surface area contributed by atoms with Crippen molar-refractivity contribution in [3.8, 4) is 0 Å². The van der Waals surface area contributed by atoms with Crippen LogP contribution in [0, 0.1) is 12.8 Å². The zero-order valence-electron chi connectivity index (χ0n) is 15.1. The molecule has 1 unspecified atom stereocenters. The van der Waals surface area contributed by atoms with Gasteiger partial charge in [-0.15, -0.1) is 5.10 Å². The number of carbonyl (C=O) groups excluding carboxylic acids is 1. The molecule has 25 heavy (non-hydrogen) atoms. The molecule has 2 aromatic rings. The van der Waals surface area contributed by atoms with Crippen molar-refractivity contribution < 1.29 is 4.79 Å². The normalized spacial score (nSPS) is 17.2. The molecule has 1 atom stereocenters. The van der Waals surface area contributed by atoms with E-state index in [4.69, 9.17) is 0 Å². The van der Waals surface area contributed by atoms with Gasteiger partial charge in [0.25, 0.3) is 0 Å². The van der Waals surface area contributed by atoms with Gasteiger partial charge in [0.15, 0.2) is 5.82 Å². The summed E-state index contributed by atoms with van der Waals surface area (Å²) in [5, 5.41) is 11.4. The molecule has 0 radical (unpaired) electrons. The summed E-state index contributed by atoms with van der Waals surface area (Å²) in [7, 11) is 4.00. The van der Waals surface area contributed by atoms with Crippen LogP contribution in [-0.2, 0) is 4.79 Å². The van der Waals surface area contributed by atoms with Crippen molar-refractivity contribution in [2.24, 2.45) is 5.92 Å². The van der Waals surface area contributed by atoms with E-state index in [0.29, 0.717) is 6.54 Å². The molecule has 1 fully saturated rings. The Hall–Kier alpha value is -2.63. The van der Waals surface area contributed by atoms with Crippen molar-refractivity contribution in [1.82, 2.24) is 10.2 Å². The average molecular weight is 339 g/mol. The number of nitrogens with zero attached hydrogens (tertiary/aromatic N) is 4. The first-order chi connectivity index (χ1) is 12.0. The Morgan fingerprint density at radius 2 is 1.92 bits per heavy atom.